The highest BCUT2D eigenvalue weighted by Crippen LogP contribution is 2.31. The van der Waals surface area contributed by atoms with Gasteiger partial charge in [-0.3, -0.25) is 0 Å². The van der Waals surface area contributed by atoms with E-state index in [1.54, 1.807) is 19.9 Å². The van der Waals surface area contributed by atoms with E-state index >= 15 is 0 Å². The van der Waals surface area contributed by atoms with Crippen molar-refractivity contribution in [3.05, 3.63) is 12.2 Å². The van der Waals surface area contributed by atoms with Crippen LogP contribution in [0.1, 0.15) is 27.7 Å². The summed E-state index contributed by atoms with van der Waals surface area (Å²) in [5, 5.41) is 9.73. The van der Waals surface area contributed by atoms with Crippen LogP contribution in [0.4, 0.5) is 0 Å². The lowest BCUT2D eigenvalue weighted by Crippen LogP contribution is -2.37. The second-order valence-corrected chi connectivity index (χ2v) is 4.14. The van der Waals surface area contributed by atoms with E-state index in [1.165, 1.54) is 13.2 Å². The summed E-state index contributed by atoms with van der Waals surface area (Å²) >= 11 is 0. The van der Waals surface area contributed by atoms with Crippen LogP contribution in [0.5, 0.6) is 0 Å². The van der Waals surface area contributed by atoms with Gasteiger partial charge in [0, 0.05) is 11.5 Å². The van der Waals surface area contributed by atoms with E-state index < -0.39 is 17.0 Å². The van der Waals surface area contributed by atoms with Gasteiger partial charge in [0.1, 0.15) is 0 Å². The molecule has 0 radical (unpaired) electrons. The highest BCUT2D eigenvalue weighted by atomic mass is 16.5. The molecule has 0 heterocycles. The second kappa shape index (κ2) is 5.12. The summed E-state index contributed by atoms with van der Waals surface area (Å²) in [5.74, 6) is -0.405. The molecule has 0 saturated carbocycles. The van der Waals surface area contributed by atoms with Crippen molar-refractivity contribution >= 4 is 5.97 Å². The molecule has 0 aromatic heterocycles. The maximum Gasteiger partial charge on any atom is 0.330 e. The van der Waals surface area contributed by atoms with E-state index in [1.807, 2.05) is 13.8 Å². The zero-order valence-electron chi connectivity index (χ0n) is 9.63. The van der Waals surface area contributed by atoms with Crippen LogP contribution < -0.4 is 6.15 Å². The van der Waals surface area contributed by atoms with E-state index in [9.17, 15) is 9.90 Å². The van der Waals surface area contributed by atoms with Gasteiger partial charge in [-0.2, -0.15) is 0 Å². The quantitative estimate of drug-likeness (QED) is 0.540. The first-order chi connectivity index (χ1) is 5.70. The molecule has 0 aromatic rings. The van der Waals surface area contributed by atoms with Crippen molar-refractivity contribution in [2.24, 2.45) is 5.41 Å². The highest BCUT2D eigenvalue weighted by Gasteiger charge is 2.32. The smallest absolute Gasteiger partial charge is 0.330 e. The molecule has 0 aliphatic rings. The number of hydrogen-bond donors (Lipinski definition) is 2. The molecule has 0 atom stereocenters. The van der Waals surface area contributed by atoms with Crippen molar-refractivity contribution < 1.29 is 14.6 Å². The number of esters is 1. The molecule has 84 valence electrons. The first-order valence-corrected chi connectivity index (χ1v) is 4.20. The molecule has 0 amide bonds. The summed E-state index contributed by atoms with van der Waals surface area (Å²) in [6.07, 6.45) is 2.98. The summed E-state index contributed by atoms with van der Waals surface area (Å²) in [4.78, 5) is 10.8. The lowest BCUT2D eigenvalue weighted by molar-refractivity contribution is -0.134. The van der Waals surface area contributed by atoms with Gasteiger partial charge in [0.15, 0.2) is 0 Å². The minimum atomic E-state index is -0.864. The monoisotopic (exact) mass is 203 g/mol. The third-order valence-electron chi connectivity index (χ3n) is 2.41. The third kappa shape index (κ3) is 4.39. The highest BCUT2D eigenvalue weighted by molar-refractivity contribution is 5.81. The Labute approximate surface area is 85.5 Å². The molecule has 0 aliphatic carbocycles. The maximum absolute atomic E-state index is 10.8. The lowest BCUT2D eigenvalue weighted by Gasteiger charge is -2.34. The van der Waals surface area contributed by atoms with Crippen molar-refractivity contribution in [1.29, 1.82) is 0 Å². The van der Waals surface area contributed by atoms with Crippen LogP contribution in [-0.2, 0) is 9.53 Å². The van der Waals surface area contributed by atoms with Crippen LogP contribution in [0.2, 0.25) is 0 Å². The molecule has 0 unspecified atom stereocenters. The van der Waals surface area contributed by atoms with Crippen LogP contribution >= 0.6 is 0 Å². The standard InChI is InChI=1S/C10H18O3.H3N/c1-9(2,10(3,4)12)7-6-8(11)13-5;/h6-7,12H,1-5H3;1H3. The third-order valence-corrected chi connectivity index (χ3v) is 2.41. The molecule has 0 aliphatic heterocycles. The molecule has 0 aromatic carbocycles. The Morgan fingerprint density at radius 3 is 2.00 bits per heavy atom. The van der Waals surface area contributed by atoms with Gasteiger partial charge in [-0.15, -0.1) is 0 Å². The number of aliphatic hydroxyl groups is 1. The first-order valence-electron chi connectivity index (χ1n) is 4.20. The predicted molar refractivity (Wildman–Crippen MR) is 56.3 cm³/mol. The minimum absolute atomic E-state index is 0. The normalized spacial score (nSPS) is 12.4. The SMILES string of the molecule is COC(=O)C=CC(C)(C)C(C)(C)O.N. The Morgan fingerprint density at radius 1 is 1.29 bits per heavy atom. The van der Waals surface area contributed by atoms with Gasteiger partial charge in [0.2, 0.25) is 0 Å². The van der Waals surface area contributed by atoms with Gasteiger partial charge < -0.3 is 16.0 Å². The van der Waals surface area contributed by atoms with Gasteiger partial charge in [-0.25, -0.2) is 4.79 Å². The molecule has 0 fully saturated rings. The van der Waals surface area contributed by atoms with Crippen molar-refractivity contribution in [1.82, 2.24) is 6.15 Å². The summed E-state index contributed by atoms with van der Waals surface area (Å²) in [7, 11) is 1.32. The zero-order valence-corrected chi connectivity index (χ0v) is 9.63. The van der Waals surface area contributed by atoms with Crippen LogP contribution in [0.3, 0.4) is 0 Å². The Hall–Kier alpha value is -0.870. The zero-order chi connectivity index (χ0) is 10.7. The fourth-order valence-electron chi connectivity index (χ4n) is 0.548. The van der Waals surface area contributed by atoms with E-state index in [2.05, 4.69) is 4.74 Å². The van der Waals surface area contributed by atoms with Crippen molar-refractivity contribution in [2.75, 3.05) is 7.11 Å². The molecule has 4 N–H and O–H groups in total. The average Bonchev–Trinajstić information content (AvgIpc) is 1.98. The predicted octanol–water partition coefficient (Wildman–Crippen LogP) is 1.67. The molecule has 0 bridgehead atoms. The second-order valence-electron chi connectivity index (χ2n) is 4.14. The number of carbonyl (C=O) groups excluding carboxylic acids is 1. The van der Waals surface area contributed by atoms with E-state index in [0.717, 1.165) is 0 Å². The van der Waals surface area contributed by atoms with Crippen LogP contribution in [-0.4, -0.2) is 23.8 Å². The molecular weight excluding hydrogens is 182 g/mol. The first kappa shape index (κ1) is 15.6. The molecule has 0 rings (SSSR count). The fourth-order valence-corrected chi connectivity index (χ4v) is 0.548. The van der Waals surface area contributed by atoms with Crippen molar-refractivity contribution in [3.63, 3.8) is 0 Å². The van der Waals surface area contributed by atoms with Gasteiger partial charge in [0.05, 0.1) is 12.7 Å². The number of ether oxygens (including phenoxy) is 1. The van der Waals surface area contributed by atoms with Crippen LogP contribution in [0.15, 0.2) is 12.2 Å². The summed E-state index contributed by atoms with van der Waals surface area (Å²) < 4.78 is 4.45. The number of methoxy groups -OCH3 is 1. The Kier molecular flexibility index (Phi) is 5.70. The van der Waals surface area contributed by atoms with Crippen LogP contribution in [0.25, 0.3) is 0 Å². The Balaban J connectivity index is 0. The summed E-state index contributed by atoms with van der Waals surface area (Å²) in [6.45, 7) is 7.11. The molecule has 0 saturated heterocycles. The van der Waals surface area contributed by atoms with Crippen molar-refractivity contribution in [3.8, 4) is 0 Å². The topological polar surface area (TPSA) is 81.5 Å². The van der Waals surface area contributed by atoms with E-state index in [-0.39, 0.29) is 6.15 Å². The number of rotatable bonds is 3. The van der Waals surface area contributed by atoms with Gasteiger partial charge in [-0.05, 0) is 13.8 Å². The van der Waals surface area contributed by atoms with Gasteiger partial charge in [-0.1, -0.05) is 19.9 Å². The van der Waals surface area contributed by atoms with Crippen molar-refractivity contribution in [2.45, 2.75) is 33.3 Å². The minimum Gasteiger partial charge on any atom is -0.466 e. The Bertz CT molecular complexity index is 214. The van der Waals surface area contributed by atoms with E-state index in [0.29, 0.717) is 0 Å². The largest absolute Gasteiger partial charge is 0.466 e. The molecule has 4 nitrogen and oxygen atoms in total. The molecule has 0 spiro atoms. The number of carbonyl (C=O) groups is 1. The Morgan fingerprint density at radius 2 is 1.71 bits per heavy atom. The molecule has 4 heteroatoms. The van der Waals surface area contributed by atoms with Crippen LogP contribution in [0, 0.1) is 5.41 Å². The number of hydrogen-bond acceptors (Lipinski definition) is 4. The summed E-state index contributed by atoms with van der Waals surface area (Å²) in [5.41, 5.74) is -1.32. The average molecular weight is 203 g/mol. The van der Waals surface area contributed by atoms with E-state index in [4.69, 9.17) is 0 Å². The molecular formula is C10H21NO3. The summed E-state index contributed by atoms with van der Waals surface area (Å²) in [6, 6.07) is 0. The lowest BCUT2D eigenvalue weighted by atomic mass is 9.77. The fraction of sp³-hybridized carbons (Fsp3) is 0.700. The molecule has 14 heavy (non-hydrogen) atoms. The van der Waals surface area contributed by atoms with Gasteiger partial charge >= 0.3 is 5.97 Å². The maximum atomic E-state index is 10.8. The van der Waals surface area contributed by atoms with Gasteiger partial charge in [0.25, 0.3) is 0 Å².